The van der Waals surface area contributed by atoms with Crippen LogP contribution >= 0.6 is 0 Å². The van der Waals surface area contributed by atoms with Crippen LogP contribution in [0.3, 0.4) is 0 Å². The molecule has 1 aromatic carbocycles. The molecule has 0 unspecified atom stereocenters. The zero-order chi connectivity index (χ0) is 21.0. The predicted molar refractivity (Wildman–Crippen MR) is 117 cm³/mol. The summed E-state index contributed by atoms with van der Waals surface area (Å²) < 4.78 is 8.18. The number of rotatable bonds is 3. The van der Waals surface area contributed by atoms with Gasteiger partial charge in [0.2, 0.25) is 0 Å². The maximum absolute atomic E-state index is 13.0. The summed E-state index contributed by atoms with van der Waals surface area (Å²) >= 11 is 0. The highest BCUT2D eigenvalue weighted by Crippen LogP contribution is 2.42. The third-order valence-corrected chi connectivity index (χ3v) is 7.05. The number of hydrogen-bond donors (Lipinski definition) is 0. The second-order valence-electron chi connectivity index (χ2n) is 9.42. The smallest absolute Gasteiger partial charge is 0.314 e. The number of nitrogens with zero attached hydrogens (tertiary/aromatic N) is 2. The zero-order valence-corrected chi connectivity index (χ0v) is 18.1. The van der Waals surface area contributed by atoms with E-state index >= 15 is 0 Å². The number of benzene rings is 1. The van der Waals surface area contributed by atoms with Gasteiger partial charge in [0, 0.05) is 48.6 Å². The van der Waals surface area contributed by atoms with Crippen LogP contribution in [0.5, 0.6) is 0 Å². The molecule has 0 amide bonds. The molecule has 2 heterocycles. The minimum absolute atomic E-state index is 0.113. The molecular weight excluding hydrogens is 376 g/mol. The van der Waals surface area contributed by atoms with Crippen LogP contribution in [0.25, 0.3) is 16.5 Å². The van der Waals surface area contributed by atoms with Crippen LogP contribution in [0.2, 0.25) is 0 Å². The molecule has 5 nitrogen and oxygen atoms in total. The van der Waals surface area contributed by atoms with Gasteiger partial charge in [-0.3, -0.25) is 14.5 Å². The minimum Gasteiger partial charge on any atom is -0.462 e. The summed E-state index contributed by atoms with van der Waals surface area (Å²) in [6, 6.07) is 7.23. The number of ketones is 1. The van der Waals surface area contributed by atoms with Gasteiger partial charge in [0.15, 0.2) is 0 Å². The first kappa shape index (κ1) is 19.6. The lowest BCUT2D eigenvalue weighted by molar-refractivity contribution is -0.155. The average molecular weight is 407 g/mol. The van der Waals surface area contributed by atoms with Crippen molar-refractivity contribution in [3.8, 4) is 0 Å². The molecule has 1 fully saturated rings. The van der Waals surface area contributed by atoms with Crippen LogP contribution in [0, 0.1) is 5.92 Å². The lowest BCUT2D eigenvalue weighted by Gasteiger charge is -2.39. The summed E-state index contributed by atoms with van der Waals surface area (Å²) in [4.78, 5) is 26.7. The molecule has 0 bridgehead atoms. The molecule has 5 heteroatoms. The Morgan fingerprint density at radius 2 is 1.97 bits per heavy atom. The van der Waals surface area contributed by atoms with E-state index in [0.29, 0.717) is 44.3 Å². The zero-order valence-electron chi connectivity index (χ0n) is 18.1. The van der Waals surface area contributed by atoms with Gasteiger partial charge in [-0.15, -0.1) is 0 Å². The highest BCUT2D eigenvalue weighted by atomic mass is 16.5. The van der Waals surface area contributed by atoms with Gasteiger partial charge in [-0.2, -0.15) is 0 Å². The monoisotopic (exact) mass is 406 g/mol. The number of Topliss-reactive ketones (excluding diaryl/α,β-unsaturated/α-hetero) is 1. The van der Waals surface area contributed by atoms with Crippen molar-refractivity contribution >= 4 is 28.2 Å². The average Bonchev–Trinajstić information content (AvgIpc) is 3.10. The SMILES string of the molecule is CC(C)n1cc2c3c(cccc31)C1=C[C@@H](C(=O)OC3CCC(=O)CC3)CN(C)[C@@H]1C2. The number of carbonyl (C=O) groups excluding carboxylic acids is 2. The third-order valence-electron chi connectivity index (χ3n) is 7.05. The maximum Gasteiger partial charge on any atom is 0.314 e. The third kappa shape index (κ3) is 3.20. The van der Waals surface area contributed by atoms with E-state index < -0.39 is 0 Å². The lowest BCUT2D eigenvalue weighted by atomic mass is 9.80. The molecule has 3 aliphatic rings. The summed E-state index contributed by atoms with van der Waals surface area (Å²) in [7, 11) is 2.11. The minimum atomic E-state index is -0.261. The molecule has 0 radical (unpaired) electrons. The first-order valence-corrected chi connectivity index (χ1v) is 11.2. The second-order valence-corrected chi connectivity index (χ2v) is 9.42. The van der Waals surface area contributed by atoms with E-state index in [-0.39, 0.29) is 23.8 Å². The molecule has 2 atom stereocenters. The highest BCUT2D eigenvalue weighted by Gasteiger charge is 2.37. The molecule has 0 N–H and O–H groups in total. The summed E-state index contributed by atoms with van der Waals surface area (Å²) in [6.07, 6.45) is 7.72. The molecule has 5 rings (SSSR count). The molecule has 0 saturated heterocycles. The van der Waals surface area contributed by atoms with Crippen molar-refractivity contribution in [3.63, 3.8) is 0 Å². The summed E-state index contributed by atoms with van der Waals surface area (Å²) in [6.45, 7) is 5.11. The van der Waals surface area contributed by atoms with Crippen LogP contribution in [0.15, 0.2) is 30.5 Å². The van der Waals surface area contributed by atoms with Crippen LogP contribution < -0.4 is 0 Å². The molecule has 158 valence electrons. The van der Waals surface area contributed by atoms with E-state index in [4.69, 9.17) is 4.74 Å². The van der Waals surface area contributed by atoms with Crippen molar-refractivity contribution in [1.29, 1.82) is 0 Å². The predicted octanol–water partition coefficient (Wildman–Crippen LogP) is 4.15. The van der Waals surface area contributed by atoms with Gasteiger partial charge < -0.3 is 9.30 Å². The van der Waals surface area contributed by atoms with Gasteiger partial charge in [-0.1, -0.05) is 18.2 Å². The van der Waals surface area contributed by atoms with E-state index in [1.54, 1.807) is 0 Å². The molecule has 0 spiro atoms. The number of hydrogen-bond acceptors (Lipinski definition) is 4. The lowest BCUT2D eigenvalue weighted by Crippen LogP contribution is -2.45. The first-order valence-electron chi connectivity index (χ1n) is 11.2. The summed E-state index contributed by atoms with van der Waals surface area (Å²) in [5.41, 5.74) is 5.18. The van der Waals surface area contributed by atoms with Crippen molar-refractivity contribution in [2.24, 2.45) is 5.92 Å². The van der Waals surface area contributed by atoms with Gasteiger partial charge in [0.1, 0.15) is 11.9 Å². The Kier molecular flexibility index (Phi) is 4.81. The Balaban J connectivity index is 1.47. The Bertz CT molecular complexity index is 1040. The van der Waals surface area contributed by atoms with Crippen LogP contribution in [-0.2, 0) is 20.7 Å². The van der Waals surface area contributed by atoms with Gasteiger partial charge >= 0.3 is 5.97 Å². The molecular formula is C25H30N2O3. The van der Waals surface area contributed by atoms with Gasteiger partial charge in [-0.25, -0.2) is 0 Å². The highest BCUT2D eigenvalue weighted by molar-refractivity contribution is 5.99. The van der Waals surface area contributed by atoms with Gasteiger partial charge in [0.25, 0.3) is 0 Å². The van der Waals surface area contributed by atoms with Crippen molar-refractivity contribution in [1.82, 2.24) is 9.47 Å². The Morgan fingerprint density at radius 3 is 2.70 bits per heavy atom. The second kappa shape index (κ2) is 7.38. The molecule has 1 saturated carbocycles. The molecule has 2 aliphatic carbocycles. The van der Waals surface area contributed by atoms with Crippen LogP contribution in [0.1, 0.15) is 56.7 Å². The van der Waals surface area contributed by atoms with E-state index in [0.717, 1.165) is 6.42 Å². The largest absolute Gasteiger partial charge is 0.462 e. The van der Waals surface area contributed by atoms with Gasteiger partial charge in [-0.05, 0) is 62.9 Å². The van der Waals surface area contributed by atoms with E-state index in [1.165, 1.54) is 27.6 Å². The summed E-state index contributed by atoms with van der Waals surface area (Å²) in [5, 5.41) is 1.34. The van der Waals surface area contributed by atoms with Crippen molar-refractivity contribution in [2.45, 2.75) is 64.1 Å². The summed E-state index contributed by atoms with van der Waals surface area (Å²) in [5.74, 6) is -0.128. The number of carbonyl (C=O) groups is 2. The Labute approximate surface area is 177 Å². The van der Waals surface area contributed by atoms with Crippen LogP contribution in [-0.4, -0.2) is 47.0 Å². The molecule has 1 aliphatic heterocycles. The number of ether oxygens (including phenoxy) is 1. The quantitative estimate of drug-likeness (QED) is 0.719. The van der Waals surface area contributed by atoms with E-state index in [9.17, 15) is 9.59 Å². The molecule has 30 heavy (non-hydrogen) atoms. The first-order chi connectivity index (χ1) is 14.4. The standard InChI is InChI=1S/C25H30N2O3/c1-15(2)27-14-16-12-23-21(20-5-4-6-22(27)24(16)20)11-17(13-26(23)3)25(29)30-19-9-7-18(28)8-10-19/h4-6,11,14-15,17,19,23H,7-10,12-13H2,1-3H3/t17-,23-/m1/s1. The Hall–Kier alpha value is -2.40. The van der Waals surface area contributed by atoms with Crippen molar-refractivity contribution in [3.05, 3.63) is 41.6 Å². The number of fused-ring (bicyclic) bond motifs is 2. The Morgan fingerprint density at radius 1 is 1.20 bits per heavy atom. The van der Waals surface area contributed by atoms with E-state index in [2.05, 4.69) is 60.8 Å². The van der Waals surface area contributed by atoms with Crippen molar-refractivity contribution in [2.75, 3.05) is 13.6 Å². The number of aromatic nitrogens is 1. The maximum atomic E-state index is 13.0. The number of likely N-dealkylation sites (N-methyl/N-ethyl adjacent to an activating group) is 1. The van der Waals surface area contributed by atoms with Crippen LogP contribution in [0.4, 0.5) is 0 Å². The fraction of sp³-hybridized carbons (Fsp3) is 0.520. The van der Waals surface area contributed by atoms with Crippen molar-refractivity contribution < 1.29 is 14.3 Å². The van der Waals surface area contributed by atoms with Gasteiger partial charge in [0.05, 0.1) is 5.92 Å². The normalized spacial score (nSPS) is 24.8. The topological polar surface area (TPSA) is 51.5 Å². The fourth-order valence-electron chi connectivity index (χ4n) is 5.44. The molecule has 2 aromatic rings. The number of esters is 1. The fourth-order valence-corrected chi connectivity index (χ4v) is 5.44. The molecule has 1 aromatic heterocycles. The van der Waals surface area contributed by atoms with E-state index in [1.807, 2.05) is 0 Å².